The van der Waals surface area contributed by atoms with Crippen LogP contribution in [0.2, 0.25) is 0 Å². The summed E-state index contributed by atoms with van der Waals surface area (Å²) in [6.07, 6.45) is 4.63. The molecule has 18 heavy (non-hydrogen) atoms. The Balaban J connectivity index is 2.02. The molecule has 3 heteroatoms. The van der Waals surface area contributed by atoms with Crippen molar-refractivity contribution in [3.8, 4) is 0 Å². The average molecular weight is 248 g/mol. The van der Waals surface area contributed by atoms with Crippen LogP contribution in [-0.2, 0) is 0 Å². The molecule has 2 heterocycles. The fourth-order valence-corrected chi connectivity index (χ4v) is 2.36. The van der Waals surface area contributed by atoms with Crippen molar-refractivity contribution in [3.05, 3.63) is 24.0 Å². The Labute approximate surface area is 110 Å². The molecule has 0 unspecified atom stereocenters. The number of hydrogen-bond acceptors (Lipinski definition) is 3. The number of aliphatic hydroxyl groups is 1. The van der Waals surface area contributed by atoms with E-state index in [1.165, 1.54) is 18.5 Å². The molecule has 0 bridgehead atoms. The van der Waals surface area contributed by atoms with E-state index in [0.717, 1.165) is 18.8 Å². The van der Waals surface area contributed by atoms with E-state index in [1.54, 1.807) is 0 Å². The van der Waals surface area contributed by atoms with Gasteiger partial charge in [0, 0.05) is 13.1 Å². The van der Waals surface area contributed by atoms with E-state index in [9.17, 15) is 5.11 Å². The zero-order chi connectivity index (χ0) is 13.2. The monoisotopic (exact) mass is 248 g/mol. The molecule has 1 aromatic rings. The van der Waals surface area contributed by atoms with Gasteiger partial charge in [-0.25, -0.2) is 0 Å². The molecule has 1 aliphatic rings. The number of aromatic nitrogens is 1. The summed E-state index contributed by atoms with van der Waals surface area (Å²) in [5.74, 6) is 0. The van der Waals surface area contributed by atoms with Gasteiger partial charge in [0.2, 0.25) is 0 Å². The summed E-state index contributed by atoms with van der Waals surface area (Å²) in [6, 6.07) is 4.03. The summed E-state index contributed by atoms with van der Waals surface area (Å²) in [4.78, 5) is 6.76. The van der Waals surface area contributed by atoms with Crippen molar-refractivity contribution in [1.82, 2.24) is 4.98 Å². The Morgan fingerprint density at radius 1 is 1.33 bits per heavy atom. The number of rotatable bonds is 3. The Morgan fingerprint density at radius 2 is 2.00 bits per heavy atom. The van der Waals surface area contributed by atoms with Gasteiger partial charge in [-0.3, -0.25) is 4.98 Å². The lowest BCUT2D eigenvalue weighted by atomic mass is 9.82. The Morgan fingerprint density at radius 3 is 2.50 bits per heavy atom. The van der Waals surface area contributed by atoms with Crippen molar-refractivity contribution in [2.45, 2.75) is 46.1 Å². The fourth-order valence-electron chi connectivity index (χ4n) is 2.36. The third-order valence-electron chi connectivity index (χ3n) is 3.98. The number of nitrogens with zero attached hydrogens (tertiary/aromatic N) is 2. The summed E-state index contributed by atoms with van der Waals surface area (Å²) in [6.45, 7) is 8.84. The molecule has 1 aromatic heterocycles. The van der Waals surface area contributed by atoms with Crippen LogP contribution in [0.15, 0.2) is 18.3 Å². The van der Waals surface area contributed by atoms with Crippen molar-refractivity contribution >= 4 is 5.69 Å². The first-order chi connectivity index (χ1) is 8.52. The normalized spacial score (nSPS) is 20.8. The third kappa shape index (κ3) is 3.02. The standard InChI is InChI=1S/C15H24N2O/c1-4-14(18)13-6-5-12(11-16-13)17-9-7-15(2,3)8-10-17/h5-6,11,14,18H,4,7-10H2,1-3H3/t14-/m0/s1. The molecule has 1 fully saturated rings. The molecule has 2 rings (SSSR count). The van der Waals surface area contributed by atoms with Crippen molar-refractivity contribution in [1.29, 1.82) is 0 Å². The molecule has 0 amide bonds. The maximum Gasteiger partial charge on any atom is 0.0957 e. The summed E-state index contributed by atoms with van der Waals surface area (Å²) in [5.41, 5.74) is 2.43. The van der Waals surface area contributed by atoms with Gasteiger partial charge >= 0.3 is 0 Å². The Bertz CT molecular complexity index is 376. The second-order valence-electron chi connectivity index (χ2n) is 6.02. The summed E-state index contributed by atoms with van der Waals surface area (Å²) in [5, 5.41) is 9.72. The summed E-state index contributed by atoms with van der Waals surface area (Å²) in [7, 11) is 0. The van der Waals surface area contributed by atoms with Crippen LogP contribution >= 0.6 is 0 Å². The van der Waals surface area contributed by atoms with Gasteiger partial charge in [0.1, 0.15) is 0 Å². The van der Waals surface area contributed by atoms with Gasteiger partial charge in [-0.2, -0.15) is 0 Å². The third-order valence-corrected chi connectivity index (χ3v) is 3.98. The molecular weight excluding hydrogens is 224 g/mol. The van der Waals surface area contributed by atoms with Gasteiger partial charge in [-0.05, 0) is 36.8 Å². The predicted octanol–water partition coefficient (Wildman–Crippen LogP) is 3.15. The minimum absolute atomic E-state index is 0.431. The van der Waals surface area contributed by atoms with Gasteiger partial charge in [0.25, 0.3) is 0 Å². The van der Waals surface area contributed by atoms with Crippen LogP contribution in [0.3, 0.4) is 0 Å². The highest BCUT2D eigenvalue weighted by Gasteiger charge is 2.25. The molecule has 1 N–H and O–H groups in total. The van der Waals surface area contributed by atoms with E-state index < -0.39 is 6.10 Å². The van der Waals surface area contributed by atoms with Gasteiger partial charge in [0.05, 0.1) is 23.7 Å². The molecule has 0 radical (unpaired) electrons. The minimum atomic E-state index is -0.431. The first kappa shape index (κ1) is 13.3. The van der Waals surface area contributed by atoms with Crippen LogP contribution < -0.4 is 4.90 Å². The summed E-state index contributed by atoms with van der Waals surface area (Å²) < 4.78 is 0. The summed E-state index contributed by atoms with van der Waals surface area (Å²) >= 11 is 0. The zero-order valence-electron chi connectivity index (χ0n) is 11.7. The lowest BCUT2D eigenvalue weighted by Gasteiger charge is -2.38. The maximum atomic E-state index is 9.72. The van der Waals surface area contributed by atoms with Crippen molar-refractivity contribution in [2.24, 2.45) is 5.41 Å². The maximum absolute atomic E-state index is 9.72. The number of anilines is 1. The molecule has 1 atom stereocenters. The molecule has 100 valence electrons. The molecular formula is C15H24N2O. The highest BCUT2D eigenvalue weighted by molar-refractivity contribution is 5.45. The van der Waals surface area contributed by atoms with Crippen LogP contribution in [0.5, 0.6) is 0 Å². The number of piperidine rings is 1. The van der Waals surface area contributed by atoms with Crippen molar-refractivity contribution in [3.63, 3.8) is 0 Å². The fraction of sp³-hybridized carbons (Fsp3) is 0.667. The largest absolute Gasteiger partial charge is 0.387 e. The first-order valence-electron chi connectivity index (χ1n) is 6.91. The number of hydrogen-bond donors (Lipinski definition) is 1. The molecule has 0 spiro atoms. The topological polar surface area (TPSA) is 36.4 Å². The molecule has 1 aliphatic heterocycles. The van der Waals surface area contributed by atoms with E-state index in [1.807, 2.05) is 19.2 Å². The van der Waals surface area contributed by atoms with Crippen LogP contribution in [0.4, 0.5) is 5.69 Å². The second-order valence-corrected chi connectivity index (χ2v) is 6.02. The molecule has 1 saturated heterocycles. The second kappa shape index (κ2) is 5.27. The minimum Gasteiger partial charge on any atom is -0.387 e. The van der Waals surface area contributed by atoms with Gasteiger partial charge in [0.15, 0.2) is 0 Å². The SMILES string of the molecule is CC[C@H](O)c1ccc(N2CCC(C)(C)CC2)cn1. The van der Waals surface area contributed by atoms with Crippen molar-refractivity contribution < 1.29 is 5.11 Å². The quantitative estimate of drug-likeness (QED) is 0.892. The van der Waals surface area contributed by atoms with E-state index >= 15 is 0 Å². The Hall–Kier alpha value is -1.09. The van der Waals surface area contributed by atoms with Crippen molar-refractivity contribution in [2.75, 3.05) is 18.0 Å². The number of aliphatic hydroxyl groups excluding tert-OH is 1. The van der Waals surface area contributed by atoms with Crippen LogP contribution in [0.25, 0.3) is 0 Å². The molecule has 0 aliphatic carbocycles. The first-order valence-corrected chi connectivity index (χ1v) is 6.91. The van der Waals surface area contributed by atoms with Gasteiger partial charge < -0.3 is 10.0 Å². The lowest BCUT2D eigenvalue weighted by Crippen LogP contribution is -2.37. The van der Waals surface area contributed by atoms with Crippen LogP contribution in [0.1, 0.15) is 51.8 Å². The van der Waals surface area contributed by atoms with E-state index in [-0.39, 0.29) is 0 Å². The predicted molar refractivity (Wildman–Crippen MR) is 74.7 cm³/mol. The lowest BCUT2D eigenvalue weighted by molar-refractivity contribution is 0.169. The number of pyridine rings is 1. The van der Waals surface area contributed by atoms with Crippen LogP contribution in [-0.4, -0.2) is 23.2 Å². The smallest absolute Gasteiger partial charge is 0.0957 e. The van der Waals surface area contributed by atoms with E-state index in [0.29, 0.717) is 11.8 Å². The van der Waals surface area contributed by atoms with E-state index in [4.69, 9.17) is 0 Å². The highest BCUT2D eigenvalue weighted by Crippen LogP contribution is 2.32. The average Bonchev–Trinajstić information content (AvgIpc) is 2.38. The van der Waals surface area contributed by atoms with Crippen LogP contribution in [0, 0.1) is 5.41 Å². The van der Waals surface area contributed by atoms with E-state index in [2.05, 4.69) is 29.8 Å². The molecule has 3 nitrogen and oxygen atoms in total. The molecule has 0 aromatic carbocycles. The molecule has 0 saturated carbocycles. The van der Waals surface area contributed by atoms with Gasteiger partial charge in [-0.15, -0.1) is 0 Å². The zero-order valence-corrected chi connectivity index (χ0v) is 11.7. The Kier molecular flexibility index (Phi) is 3.91. The van der Waals surface area contributed by atoms with Gasteiger partial charge in [-0.1, -0.05) is 20.8 Å². The highest BCUT2D eigenvalue weighted by atomic mass is 16.3.